The Bertz CT molecular complexity index is 898. The number of aromatic hydroxyl groups is 1. The number of H-pyrrole nitrogens is 1. The van der Waals surface area contributed by atoms with E-state index < -0.39 is 5.69 Å². The molecule has 1 aromatic heterocycles. The van der Waals surface area contributed by atoms with Crippen molar-refractivity contribution in [3.8, 4) is 17.2 Å². The number of aromatic amines is 1. The van der Waals surface area contributed by atoms with Crippen LogP contribution in [0.4, 0.5) is 0 Å². The summed E-state index contributed by atoms with van der Waals surface area (Å²) >= 11 is 0. The van der Waals surface area contributed by atoms with Crippen LogP contribution in [0, 0.1) is 13.8 Å². The lowest BCUT2D eigenvalue weighted by atomic mass is 10.1. The lowest BCUT2D eigenvalue weighted by Crippen LogP contribution is -2.18. The number of hydrogen-bond donors (Lipinski definition) is 2. The molecular weight excluding hydrogens is 296 g/mol. The summed E-state index contributed by atoms with van der Waals surface area (Å²) in [6.07, 6.45) is 0. The molecule has 7 heteroatoms. The van der Waals surface area contributed by atoms with Gasteiger partial charge in [0.05, 0.1) is 5.69 Å². The van der Waals surface area contributed by atoms with Crippen molar-refractivity contribution in [2.45, 2.75) is 20.5 Å². The second-order valence-corrected chi connectivity index (χ2v) is 5.24. The van der Waals surface area contributed by atoms with Gasteiger partial charge in [-0.2, -0.15) is 4.68 Å². The number of para-hydroxylation sites is 1. The summed E-state index contributed by atoms with van der Waals surface area (Å²) in [5.74, 6) is 0.923. The first-order valence-electron chi connectivity index (χ1n) is 7.08. The average Bonchev–Trinajstić information content (AvgIpc) is 2.96. The molecule has 0 radical (unpaired) electrons. The predicted molar refractivity (Wildman–Crippen MR) is 83.9 cm³/mol. The van der Waals surface area contributed by atoms with Crippen molar-refractivity contribution in [3.05, 3.63) is 63.6 Å². The van der Waals surface area contributed by atoms with E-state index in [1.165, 1.54) is 4.68 Å². The highest BCUT2D eigenvalue weighted by Gasteiger charge is 2.10. The van der Waals surface area contributed by atoms with Crippen LogP contribution >= 0.6 is 0 Å². The average molecular weight is 312 g/mol. The minimum absolute atomic E-state index is 0.240. The highest BCUT2D eigenvalue weighted by molar-refractivity contribution is 5.45. The smallest absolute Gasteiger partial charge is 0.365 e. The van der Waals surface area contributed by atoms with Gasteiger partial charge >= 0.3 is 5.69 Å². The summed E-state index contributed by atoms with van der Waals surface area (Å²) in [6.45, 7) is 3.94. The maximum atomic E-state index is 11.7. The number of hydrogen-bond acceptors (Lipinski definition) is 5. The van der Waals surface area contributed by atoms with E-state index in [1.54, 1.807) is 18.2 Å². The molecule has 118 valence electrons. The summed E-state index contributed by atoms with van der Waals surface area (Å²) in [7, 11) is 0. The molecule has 2 aromatic carbocycles. The molecule has 0 aliphatic carbocycles. The van der Waals surface area contributed by atoms with Crippen molar-refractivity contribution < 1.29 is 9.84 Å². The summed E-state index contributed by atoms with van der Waals surface area (Å²) in [5.41, 5.74) is 2.58. The maximum Gasteiger partial charge on any atom is 0.365 e. The van der Waals surface area contributed by atoms with Crippen molar-refractivity contribution in [1.29, 1.82) is 0 Å². The summed E-state index contributed by atoms with van der Waals surface area (Å²) < 4.78 is 7.04. The number of nitrogens with one attached hydrogen (secondary N) is 1. The maximum absolute atomic E-state index is 11.7. The van der Waals surface area contributed by atoms with E-state index in [0.717, 1.165) is 16.7 Å². The van der Waals surface area contributed by atoms with Crippen LogP contribution < -0.4 is 10.4 Å². The van der Waals surface area contributed by atoms with Crippen LogP contribution in [0.5, 0.6) is 11.5 Å². The van der Waals surface area contributed by atoms with Gasteiger partial charge in [0.2, 0.25) is 0 Å². The number of rotatable bonds is 4. The van der Waals surface area contributed by atoms with E-state index in [0.29, 0.717) is 11.4 Å². The Morgan fingerprint density at radius 3 is 2.74 bits per heavy atom. The van der Waals surface area contributed by atoms with E-state index >= 15 is 0 Å². The van der Waals surface area contributed by atoms with Crippen LogP contribution in [0.2, 0.25) is 0 Å². The minimum Gasteiger partial charge on any atom is -0.508 e. The molecule has 0 bridgehead atoms. The van der Waals surface area contributed by atoms with E-state index in [1.807, 2.05) is 32.0 Å². The Hall–Kier alpha value is -3.09. The zero-order chi connectivity index (χ0) is 16.4. The Morgan fingerprint density at radius 1 is 1.22 bits per heavy atom. The summed E-state index contributed by atoms with van der Waals surface area (Å²) in [6, 6.07) is 10.8. The third kappa shape index (κ3) is 2.94. The van der Waals surface area contributed by atoms with Crippen LogP contribution in [-0.4, -0.2) is 25.3 Å². The van der Waals surface area contributed by atoms with E-state index in [4.69, 9.17) is 4.74 Å². The van der Waals surface area contributed by atoms with Gasteiger partial charge in [0.25, 0.3) is 0 Å². The highest BCUT2D eigenvalue weighted by Crippen LogP contribution is 2.27. The van der Waals surface area contributed by atoms with E-state index in [-0.39, 0.29) is 12.4 Å². The Kier molecular flexibility index (Phi) is 3.84. The van der Waals surface area contributed by atoms with Crippen LogP contribution in [0.15, 0.2) is 41.2 Å². The highest BCUT2D eigenvalue weighted by atomic mass is 16.5. The molecule has 0 amide bonds. The normalized spacial score (nSPS) is 10.7. The number of benzene rings is 2. The standard InChI is InChI=1S/C16H16N4O3/c1-10-8-15(11(2)7-14(10)21)23-9-12-5-3-4-6-13(12)20-16(22)17-18-19-20/h3-8,21H,9H2,1-2H3,(H,17,19,22). The van der Waals surface area contributed by atoms with E-state index in [2.05, 4.69) is 15.5 Å². The molecule has 0 saturated carbocycles. The number of tetrazole rings is 1. The molecular formula is C16H16N4O3. The molecule has 0 saturated heterocycles. The lowest BCUT2D eigenvalue weighted by molar-refractivity contribution is 0.302. The van der Waals surface area contributed by atoms with Gasteiger partial charge in [-0.3, -0.25) is 0 Å². The number of aromatic nitrogens is 4. The molecule has 0 spiro atoms. The quantitative estimate of drug-likeness (QED) is 0.767. The molecule has 23 heavy (non-hydrogen) atoms. The fourth-order valence-electron chi connectivity index (χ4n) is 2.28. The van der Waals surface area contributed by atoms with Gasteiger partial charge in [-0.15, -0.1) is 0 Å². The zero-order valence-corrected chi connectivity index (χ0v) is 12.8. The van der Waals surface area contributed by atoms with Gasteiger partial charge in [0, 0.05) is 5.56 Å². The second-order valence-electron chi connectivity index (χ2n) is 5.24. The van der Waals surface area contributed by atoms with Gasteiger partial charge < -0.3 is 9.84 Å². The van der Waals surface area contributed by atoms with Crippen LogP contribution in [0.25, 0.3) is 5.69 Å². The third-order valence-electron chi connectivity index (χ3n) is 3.57. The number of phenols is 1. The summed E-state index contributed by atoms with van der Waals surface area (Å²) in [5, 5.41) is 19.2. The fraction of sp³-hybridized carbons (Fsp3) is 0.188. The first kappa shape index (κ1) is 14.8. The molecule has 0 fully saturated rings. The molecule has 7 nitrogen and oxygen atoms in total. The monoisotopic (exact) mass is 312 g/mol. The summed E-state index contributed by atoms with van der Waals surface area (Å²) in [4.78, 5) is 11.7. The Morgan fingerprint density at radius 2 is 2.00 bits per heavy atom. The number of ether oxygens (including phenoxy) is 1. The van der Waals surface area contributed by atoms with Gasteiger partial charge in [-0.25, -0.2) is 9.89 Å². The Labute approximate surface area is 132 Å². The van der Waals surface area contributed by atoms with Crippen molar-refractivity contribution in [2.24, 2.45) is 0 Å². The van der Waals surface area contributed by atoms with Crippen LogP contribution in [0.3, 0.4) is 0 Å². The largest absolute Gasteiger partial charge is 0.508 e. The van der Waals surface area contributed by atoms with E-state index in [9.17, 15) is 9.90 Å². The number of phenolic OH excluding ortho intramolecular Hbond substituents is 1. The first-order chi connectivity index (χ1) is 11.1. The van der Waals surface area contributed by atoms with Crippen LogP contribution in [0.1, 0.15) is 16.7 Å². The molecule has 0 atom stereocenters. The van der Waals surface area contributed by atoms with Crippen molar-refractivity contribution >= 4 is 0 Å². The van der Waals surface area contributed by atoms with Gasteiger partial charge in [0.1, 0.15) is 18.1 Å². The van der Waals surface area contributed by atoms with Gasteiger partial charge in [-0.1, -0.05) is 18.2 Å². The number of aryl methyl sites for hydroxylation is 2. The van der Waals surface area contributed by atoms with Gasteiger partial charge in [-0.05, 0) is 53.6 Å². The third-order valence-corrected chi connectivity index (χ3v) is 3.57. The fourth-order valence-corrected chi connectivity index (χ4v) is 2.28. The molecule has 1 heterocycles. The molecule has 3 rings (SSSR count). The first-order valence-corrected chi connectivity index (χ1v) is 7.08. The van der Waals surface area contributed by atoms with Crippen molar-refractivity contribution in [3.63, 3.8) is 0 Å². The number of nitrogens with zero attached hydrogens (tertiary/aromatic N) is 3. The van der Waals surface area contributed by atoms with Crippen molar-refractivity contribution in [2.75, 3.05) is 0 Å². The molecule has 3 aromatic rings. The Balaban J connectivity index is 1.89. The van der Waals surface area contributed by atoms with Crippen LogP contribution in [-0.2, 0) is 6.61 Å². The molecule has 0 aliphatic heterocycles. The SMILES string of the molecule is Cc1cc(OCc2ccccc2-n2nn[nH]c2=O)c(C)cc1O. The minimum atomic E-state index is -0.408. The zero-order valence-electron chi connectivity index (χ0n) is 12.8. The second kappa shape index (κ2) is 5.96. The van der Waals surface area contributed by atoms with Crippen molar-refractivity contribution in [1.82, 2.24) is 20.2 Å². The predicted octanol–water partition coefficient (Wildman–Crippen LogP) is 1.86. The lowest BCUT2D eigenvalue weighted by Gasteiger charge is -2.13. The molecule has 2 N–H and O–H groups in total. The molecule has 0 unspecified atom stereocenters. The molecule has 0 aliphatic rings. The topological polar surface area (TPSA) is 93.0 Å². The van der Waals surface area contributed by atoms with Gasteiger partial charge in [0.15, 0.2) is 0 Å².